The molecular weight excluding hydrogens is 217 g/mol. The summed E-state index contributed by atoms with van der Waals surface area (Å²) in [5.74, 6) is -1.03. The van der Waals surface area contributed by atoms with Crippen molar-refractivity contribution < 1.29 is 19.4 Å². The van der Waals surface area contributed by atoms with Crippen LogP contribution in [0.15, 0.2) is 0 Å². The maximum Gasteiger partial charge on any atom is 0.408 e. The van der Waals surface area contributed by atoms with Crippen molar-refractivity contribution in [2.24, 2.45) is 0 Å². The van der Waals surface area contributed by atoms with Crippen LogP contribution in [-0.4, -0.2) is 35.0 Å². The molecule has 0 fully saturated rings. The second kappa shape index (κ2) is 5.91. The van der Waals surface area contributed by atoms with Gasteiger partial charge in [-0.15, -0.1) is 0 Å². The van der Waals surface area contributed by atoms with Gasteiger partial charge in [0.2, 0.25) is 0 Å². The monoisotopic (exact) mass is 236 g/mol. The van der Waals surface area contributed by atoms with Crippen LogP contribution in [0.25, 0.3) is 0 Å². The maximum absolute atomic E-state index is 11.3. The van der Waals surface area contributed by atoms with Crippen molar-refractivity contribution in [3.05, 3.63) is 0 Å². The van der Waals surface area contributed by atoms with Crippen LogP contribution in [0.1, 0.15) is 27.2 Å². The van der Waals surface area contributed by atoms with Gasteiger partial charge >= 0.3 is 12.1 Å². The van der Waals surface area contributed by atoms with Gasteiger partial charge in [-0.2, -0.15) is 0 Å². The summed E-state index contributed by atoms with van der Waals surface area (Å²) in [6, 6.07) is -0.864. The predicted octanol–water partition coefficient (Wildman–Crippen LogP) is 0.962. The Bertz CT molecular complexity index is 237. The highest BCUT2D eigenvalue weighted by atomic mass is 31.0. The topological polar surface area (TPSA) is 75.6 Å². The summed E-state index contributed by atoms with van der Waals surface area (Å²) in [5.41, 5.74) is -0.610. The Kier molecular flexibility index (Phi) is 5.58. The standard InChI is InChI=1S/C9H18NO4P/c1-9(2,3)14-8(13)10-6(4-5-15)7(11)12/h6H,4-5,15H2,1-3H3,(H,10,13)(H,11,12)/p+1. The zero-order valence-electron chi connectivity index (χ0n) is 9.37. The van der Waals surface area contributed by atoms with Crippen molar-refractivity contribution >= 4 is 21.3 Å². The SMILES string of the molecule is CC(C)(C)OC(=O)NC(CC[PH3+])C(=O)O. The highest BCUT2D eigenvalue weighted by Gasteiger charge is 2.23. The molecule has 88 valence electrons. The van der Waals surface area contributed by atoms with Crippen molar-refractivity contribution in [3.63, 3.8) is 0 Å². The number of carboxylic acids is 1. The first-order chi connectivity index (χ1) is 6.76. The molecule has 2 N–H and O–H groups in total. The smallest absolute Gasteiger partial charge is 0.408 e. The molecule has 0 saturated heterocycles. The molecule has 2 unspecified atom stereocenters. The van der Waals surface area contributed by atoms with Gasteiger partial charge in [-0.05, 0) is 30.0 Å². The Balaban J connectivity index is 4.18. The Morgan fingerprint density at radius 3 is 2.33 bits per heavy atom. The maximum atomic E-state index is 11.3. The van der Waals surface area contributed by atoms with Crippen molar-refractivity contribution in [2.45, 2.75) is 38.8 Å². The van der Waals surface area contributed by atoms with E-state index >= 15 is 0 Å². The summed E-state index contributed by atoms with van der Waals surface area (Å²) < 4.78 is 4.95. The second-order valence-electron chi connectivity index (χ2n) is 4.18. The van der Waals surface area contributed by atoms with Gasteiger partial charge in [0.15, 0.2) is 0 Å². The lowest BCUT2D eigenvalue weighted by molar-refractivity contribution is -0.139. The first kappa shape index (κ1) is 14.2. The minimum atomic E-state index is -1.03. The van der Waals surface area contributed by atoms with Crippen LogP contribution in [-0.2, 0) is 9.53 Å². The summed E-state index contributed by atoms with van der Waals surface area (Å²) >= 11 is 0. The Morgan fingerprint density at radius 1 is 1.47 bits per heavy atom. The number of aliphatic carboxylic acids is 1. The average molecular weight is 236 g/mol. The molecule has 0 bridgehead atoms. The van der Waals surface area contributed by atoms with Gasteiger partial charge in [0.05, 0.1) is 6.16 Å². The minimum absolute atomic E-state index is 0.410. The van der Waals surface area contributed by atoms with E-state index in [-0.39, 0.29) is 0 Å². The normalized spacial score (nSPS) is 13.3. The molecule has 15 heavy (non-hydrogen) atoms. The van der Waals surface area contributed by atoms with Crippen molar-refractivity contribution in [3.8, 4) is 0 Å². The number of amides is 1. The van der Waals surface area contributed by atoms with Gasteiger partial charge in [0.25, 0.3) is 0 Å². The fourth-order valence-corrected chi connectivity index (χ4v) is 1.32. The molecule has 0 aliphatic carbocycles. The Labute approximate surface area is 91.8 Å². The number of hydrogen-bond acceptors (Lipinski definition) is 3. The molecule has 0 aromatic heterocycles. The van der Waals surface area contributed by atoms with E-state index in [1.165, 1.54) is 0 Å². The predicted molar refractivity (Wildman–Crippen MR) is 61.4 cm³/mol. The van der Waals surface area contributed by atoms with E-state index in [0.717, 1.165) is 0 Å². The molecule has 2 atom stereocenters. The van der Waals surface area contributed by atoms with Gasteiger partial charge < -0.3 is 15.2 Å². The Morgan fingerprint density at radius 2 is 2.00 bits per heavy atom. The first-order valence-electron chi connectivity index (χ1n) is 4.78. The van der Waals surface area contributed by atoms with Crippen molar-refractivity contribution in [1.82, 2.24) is 5.32 Å². The number of carboxylic acid groups (broad SMARTS) is 1. The largest absolute Gasteiger partial charge is 0.480 e. The number of rotatable bonds is 4. The summed E-state index contributed by atoms with van der Waals surface area (Å²) in [6.07, 6.45) is 0.437. The van der Waals surface area contributed by atoms with Crippen LogP contribution in [0, 0.1) is 0 Å². The van der Waals surface area contributed by atoms with E-state index < -0.39 is 23.7 Å². The lowest BCUT2D eigenvalue weighted by Gasteiger charge is -2.21. The molecule has 0 aliphatic rings. The molecule has 0 aliphatic heterocycles. The molecule has 0 aromatic rings. The van der Waals surface area contributed by atoms with Crippen LogP contribution in [0.5, 0.6) is 0 Å². The molecule has 0 aromatic carbocycles. The van der Waals surface area contributed by atoms with Crippen molar-refractivity contribution in [1.29, 1.82) is 0 Å². The van der Waals surface area contributed by atoms with E-state index in [9.17, 15) is 9.59 Å². The molecule has 0 radical (unpaired) electrons. The van der Waals surface area contributed by atoms with Crippen LogP contribution < -0.4 is 5.32 Å². The first-order valence-corrected chi connectivity index (χ1v) is 5.78. The molecule has 0 spiro atoms. The summed E-state index contributed by atoms with van der Waals surface area (Å²) in [7, 11) is 1.67. The average Bonchev–Trinajstić information content (AvgIpc) is 1.99. The van der Waals surface area contributed by atoms with E-state index in [1.807, 2.05) is 0 Å². The third-order valence-corrected chi connectivity index (χ3v) is 1.89. The number of alkyl carbamates (subject to hydrolysis) is 1. The van der Waals surface area contributed by atoms with Crippen LogP contribution in [0.4, 0.5) is 4.79 Å². The summed E-state index contributed by atoms with van der Waals surface area (Å²) in [4.78, 5) is 22.0. The minimum Gasteiger partial charge on any atom is -0.480 e. The molecule has 1 amide bonds. The number of hydrogen-bond donors (Lipinski definition) is 2. The zero-order chi connectivity index (χ0) is 12.1. The van der Waals surface area contributed by atoms with Gasteiger partial charge in [0, 0.05) is 6.42 Å². The molecular formula is C9H19NO4P+. The molecule has 6 heteroatoms. The summed E-state index contributed by atoms with van der Waals surface area (Å²) in [6.45, 7) is 5.18. The fourth-order valence-electron chi connectivity index (χ4n) is 0.911. The molecule has 0 rings (SSSR count). The number of carbonyl (C=O) groups excluding carboxylic acids is 1. The van der Waals surface area contributed by atoms with E-state index in [0.29, 0.717) is 12.6 Å². The molecule has 0 saturated carbocycles. The lowest BCUT2D eigenvalue weighted by atomic mass is 10.2. The number of ether oxygens (including phenoxy) is 1. The Hall–Kier alpha value is -0.830. The second-order valence-corrected chi connectivity index (χ2v) is 4.89. The van der Waals surface area contributed by atoms with E-state index in [2.05, 4.69) is 5.32 Å². The third-order valence-electron chi connectivity index (χ3n) is 1.48. The van der Waals surface area contributed by atoms with Gasteiger partial charge in [-0.3, -0.25) is 0 Å². The molecule has 5 nitrogen and oxygen atoms in total. The lowest BCUT2D eigenvalue weighted by Crippen LogP contribution is -2.43. The van der Waals surface area contributed by atoms with Crippen LogP contribution in [0.3, 0.4) is 0 Å². The van der Waals surface area contributed by atoms with Crippen LogP contribution in [0.2, 0.25) is 0 Å². The molecule has 0 heterocycles. The fraction of sp³-hybridized carbons (Fsp3) is 0.778. The van der Waals surface area contributed by atoms with Gasteiger partial charge in [-0.1, -0.05) is 0 Å². The van der Waals surface area contributed by atoms with Gasteiger partial charge in [0.1, 0.15) is 11.6 Å². The summed E-state index contributed by atoms with van der Waals surface area (Å²) in [5, 5.41) is 11.1. The van der Waals surface area contributed by atoms with Gasteiger partial charge in [-0.25, -0.2) is 9.59 Å². The highest BCUT2D eigenvalue weighted by molar-refractivity contribution is 7.16. The number of nitrogens with one attached hydrogen (secondary N) is 1. The van der Waals surface area contributed by atoms with E-state index in [1.54, 1.807) is 30.0 Å². The number of carbonyl (C=O) groups is 2. The third kappa shape index (κ3) is 7.14. The van der Waals surface area contributed by atoms with Crippen molar-refractivity contribution in [2.75, 3.05) is 6.16 Å². The zero-order valence-corrected chi connectivity index (χ0v) is 10.8. The highest BCUT2D eigenvalue weighted by Crippen LogP contribution is 2.07. The van der Waals surface area contributed by atoms with Crippen LogP contribution >= 0.6 is 9.24 Å². The quantitative estimate of drug-likeness (QED) is 0.713. The van der Waals surface area contributed by atoms with E-state index in [4.69, 9.17) is 9.84 Å².